The van der Waals surface area contributed by atoms with E-state index in [9.17, 15) is 9.59 Å². The maximum Gasteiger partial charge on any atom is 0.319 e. The summed E-state index contributed by atoms with van der Waals surface area (Å²) in [6.07, 6.45) is 1.43. The number of urea groups is 1. The molecule has 1 N–H and O–H groups in total. The quantitative estimate of drug-likeness (QED) is 0.818. The second kappa shape index (κ2) is 6.17. The third kappa shape index (κ3) is 3.02. The molecule has 8 nitrogen and oxygen atoms in total. The number of fused-ring (bicyclic) bond motifs is 1. The molecule has 1 aromatic rings. The monoisotopic (exact) mass is 321 g/mol. The first-order chi connectivity index (χ1) is 11.0. The minimum Gasteiger partial charge on any atom is -0.355 e. The van der Waals surface area contributed by atoms with Gasteiger partial charge in [-0.15, -0.1) is 0 Å². The van der Waals surface area contributed by atoms with Crippen LogP contribution in [-0.2, 0) is 4.79 Å². The van der Waals surface area contributed by atoms with E-state index in [-0.39, 0.29) is 29.7 Å². The zero-order chi connectivity index (χ0) is 16.6. The molecule has 2 saturated heterocycles. The molecule has 0 unspecified atom stereocenters. The Bertz CT molecular complexity index is 600. The van der Waals surface area contributed by atoms with Gasteiger partial charge in [-0.05, 0) is 25.7 Å². The van der Waals surface area contributed by atoms with E-state index in [1.165, 1.54) is 0 Å². The average molecular weight is 321 g/mol. The van der Waals surface area contributed by atoms with Crippen LogP contribution in [0.3, 0.4) is 0 Å². The highest BCUT2D eigenvalue weighted by atomic mass is 16.5. The molecule has 2 aliphatic rings. The van der Waals surface area contributed by atoms with Crippen molar-refractivity contribution in [3.8, 4) is 0 Å². The Balaban J connectivity index is 1.80. The molecule has 0 spiro atoms. The van der Waals surface area contributed by atoms with Gasteiger partial charge in [-0.2, -0.15) is 4.98 Å². The summed E-state index contributed by atoms with van der Waals surface area (Å²) in [5, 5.41) is 6.82. The molecule has 0 radical (unpaired) electrons. The Morgan fingerprint density at radius 3 is 2.70 bits per heavy atom. The number of nitrogens with one attached hydrogen (secondary N) is 1. The minimum absolute atomic E-state index is 0.00533. The Labute approximate surface area is 135 Å². The number of carbonyl (C=O) groups is 2. The van der Waals surface area contributed by atoms with Crippen molar-refractivity contribution < 1.29 is 14.1 Å². The zero-order valence-electron chi connectivity index (χ0n) is 13.8. The second-order valence-corrected chi connectivity index (χ2v) is 6.54. The maximum absolute atomic E-state index is 12.3. The Kier molecular flexibility index (Phi) is 4.23. The number of nitrogens with zero attached hydrogens (tertiary/aromatic N) is 4. The van der Waals surface area contributed by atoms with E-state index in [4.69, 9.17) is 4.52 Å². The minimum atomic E-state index is -0.110. The first-order valence-electron chi connectivity index (χ1n) is 8.01. The van der Waals surface area contributed by atoms with E-state index in [0.717, 1.165) is 6.42 Å². The highest BCUT2D eigenvalue weighted by Gasteiger charge is 2.43. The molecule has 3 atom stereocenters. The van der Waals surface area contributed by atoms with Gasteiger partial charge in [0.1, 0.15) is 0 Å². The fourth-order valence-corrected chi connectivity index (χ4v) is 3.64. The number of aromatic nitrogens is 2. The van der Waals surface area contributed by atoms with Crippen molar-refractivity contribution in [1.82, 2.24) is 25.3 Å². The summed E-state index contributed by atoms with van der Waals surface area (Å²) in [5.41, 5.74) is 0. The number of aryl methyl sites for hydroxylation is 1. The van der Waals surface area contributed by atoms with Crippen LogP contribution in [0.15, 0.2) is 4.52 Å². The van der Waals surface area contributed by atoms with E-state index in [1.54, 1.807) is 25.9 Å². The fourth-order valence-electron chi connectivity index (χ4n) is 3.64. The van der Waals surface area contributed by atoms with Crippen molar-refractivity contribution in [2.24, 2.45) is 11.8 Å². The van der Waals surface area contributed by atoms with Gasteiger partial charge in [-0.25, -0.2) is 4.79 Å². The van der Waals surface area contributed by atoms with Gasteiger partial charge in [0.2, 0.25) is 11.8 Å². The molecule has 23 heavy (non-hydrogen) atoms. The topological polar surface area (TPSA) is 91.6 Å². The van der Waals surface area contributed by atoms with Gasteiger partial charge in [0.15, 0.2) is 5.82 Å². The first kappa shape index (κ1) is 15.8. The standard InChI is InChI=1S/C15H23N5O3/c1-9-17-14(23-18-9)12-8-16-13(21)11-5-7-20(6-4-10(11)12)15(22)19(2)3/h10-12H,4-8H2,1-3H3,(H,16,21)/t10-,11+,12-/m1/s1. The van der Waals surface area contributed by atoms with Gasteiger partial charge in [-0.3, -0.25) is 4.79 Å². The Morgan fingerprint density at radius 1 is 1.30 bits per heavy atom. The molecule has 2 fully saturated rings. The average Bonchev–Trinajstić information content (AvgIpc) is 2.82. The number of carbonyl (C=O) groups excluding carboxylic acids is 2. The van der Waals surface area contributed by atoms with Crippen molar-refractivity contribution in [3.63, 3.8) is 0 Å². The number of piperidine rings is 1. The SMILES string of the molecule is Cc1noc([C@@H]2CNC(=O)[C@H]3CCN(C(=O)N(C)C)CC[C@H]32)n1. The van der Waals surface area contributed by atoms with Crippen LogP contribution in [0.5, 0.6) is 0 Å². The molecule has 3 rings (SSSR count). The van der Waals surface area contributed by atoms with E-state index >= 15 is 0 Å². The van der Waals surface area contributed by atoms with Gasteiger partial charge < -0.3 is 19.6 Å². The molecule has 1 aromatic heterocycles. The summed E-state index contributed by atoms with van der Waals surface area (Å²) in [7, 11) is 3.49. The molecule has 0 aromatic carbocycles. The molecule has 126 valence electrons. The van der Waals surface area contributed by atoms with Crippen molar-refractivity contribution >= 4 is 11.9 Å². The maximum atomic E-state index is 12.3. The van der Waals surface area contributed by atoms with Crippen LogP contribution in [0.1, 0.15) is 30.5 Å². The summed E-state index contributed by atoms with van der Waals surface area (Å²) < 4.78 is 5.34. The smallest absolute Gasteiger partial charge is 0.319 e. The summed E-state index contributed by atoms with van der Waals surface area (Å²) in [6, 6.07) is -0.00533. The lowest BCUT2D eigenvalue weighted by molar-refractivity contribution is -0.129. The number of hydrogen-bond donors (Lipinski definition) is 1. The van der Waals surface area contributed by atoms with Gasteiger partial charge >= 0.3 is 6.03 Å². The molecule has 8 heteroatoms. The van der Waals surface area contributed by atoms with Crippen molar-refractivity contribution in [3.05, 3.63) is 11.7 Å². The van der Waals surface area contributed by atoms with Gasteiger partial charge in [-0.1, -0.05) is 5.16 Å². The number of likely N-dealkylation sites (tertiary alicyclic amines) is 1. The normalized spacial score (nSPS) is 27.9. The van der Waals surface area contributed by atoms with E-state index in [2.05, 4.69) is 15.5 Å². The van der Waals surface area contributed by atoms with E-state index < -0.39 is 0 Å². The summed E-state index contributed by atoms with van der Waals surface area (Å²) in [4.78, 5) is 32.2. The summed E-state index contributed by atoms with van der Waals surface area (Å²) in [5.74, 6) is 1.30. The predicted molar refractivity (Wildman–Crippen MR) is 81.7 cm³/mol. The molecular weight excluding hydrogens is 298 g/mol. The van der Waals surface area contributed by atoms with Crippen LogP contribution >= 0.6 is 0 Å². The summed E-state index contributed by atoms with van der Waals surface area (Å²) >= 11 is 0. The molecule has 2 aliphatic heterocycles. The Morgan fingerprint density at radius 2 is 2.04 bits per heavy atom. The second-order valence-electron chi connectivity index (χ2n) is 6.54. The van der Waals surface area contributed by atoms with Crippen LogP contribution in [0.2, 0.25) is 0 Å². The molecular formula is C15H23N5O3. The highest BCUT2D eigenvalue weighted by molar-refractivity contribution is 5.80. The lowest BCUT2D eigenvalue weighted by Gasteiger charge is -2.34. The first-order valence-corrected chi connectivity index (χ1v) is 8.01. The van der Waals surface area contributed by atoms with Crippen molar-refractivity contribution in [2.75, 3.05) is 33.7 Å². The molecule has 3 amide bonds. The van der Waals surface area contributed by atoms with Crippen LogP contribution in [-0.4, -0.2) is 65.6 Å². The lowest BCUT2D eigenvalue weighted by Crippen LogP contribution is -2.46. The highest BCUT2D eigenvalue weighted by Crippen LogP contribution is 2.38. The van der Waals surface area contributed by atoms with E-state index in [0.29, 0.717) is 37.8 Å². The number of amides is 3. The molecule has 0 bridgehead atoms. The van der Waals surface area contributed by atoms with Crippen LogP contribution in [0.4, 0.5) is 4.79 Å². The summed E-state index contributed by atoms with van der Waals surface area (Å²) in [6.45, 7) is 3.55. The fraction of sp³-hybridized carbons (Fsp3) is 0.733. The van der Waals surface area contributed by atoms with Gasteiger partial charge in [0.05, 0.1) is 5.92 Å². The number of rotatable bonds is 1. The largest absolute Gasteiger partial charge is 0.355 e. The third-order valence-electron chi connectivity index (χ3n) is 4.82. The molecule has 3 heterocycles. The van der Waals surface area contributed by atoms with E-state index in [1.807, 2.05) is 4.90 Å². The van der Waals surface area contributed by atoms with Crippen molar-refractivity contribution in [1.29, 1.82) is 0 Å². The van der Waals surface area contributed by atoms with Crippen LogP contribution < -0.4 is 5.32 Å². The zero-order valence-corrected chi connectivity index (χ0v) is 13.8. The van der Waals surface area contributed by atoms with Crippen molar-refractivity contribution in [2.45, 2.75) is 25.7 Å². The van der Waals surface area contributed by atoms with Crippen LogP contribution in [0, 0.1) is 18.8 Å². The molecule has 0 saturated carbocycles. The number of hydrogen-bond acceptors (Lipinski definition) is 5. The van der Waals surface area contributed by atoms with Crippen LogP contribution in [0.25, 0.3) is 0 Å². The third-order valence-corrected chi connectivity index (χ3v) is 4.82. The van der Waals surface area contributed by atoms with Gasteiger partial charge in [0.25, 0.3) is 0 Å². The van der Waals surface area contributed by atoms with Gasteiger partial charge in [0, 0.05) is 39.6 Å². The molecule has 0 aliphatic carbocycles. The Hall–Kier alpha value is -2.12. The predicted octanol–water partition coefficient (Wildman–Crippen LogP) is 0.601. The lowest BCUT2D eigenvalue weighted by atomic mass is 9.75.